The van der Waals surface area contributed by atoms with E-state index in [0.29, 0.717) is 5.56 Å². The fraction of sp³-hybridized carbons (Fsp3) is 0.250. The van der Waals surface area contributed by atoms with Crippen LogP contribution in [-0.4, -0.2) is 30.9 Å². The summed E-state index contributed by atoms with van der Waals surface area (Å²) in [5.41, 5.74) is 0.414. The highest BCUT2D eigenvalue weighted by atomic mass is 16.2. The number of amides is 3. The van der Waals surface area contributed by atoms with Gasteiger partial charge in [0.25, 0.3) is 11.8 Å². The summed E-state index contributed by atoms with van der Waals surface area (Å²) in [7, 11) is 1.42. The zero-order valence-corrected chi connectivity index (χ0v) is 10.2. The Bertz CT molecular complexity index is 445. The molecule has 0 aliphatic rings. The van der Waals surface area contributed by atoms with E-state index in [-0.39, 0.29) is 0 Å². The van der Waals surface area contributed by atoms with Crippen LogP contribution in [0.15, 0.2) is 30.3 Å². The highest BCUT2D eigenvalue weighted by Gasteiger charge is 2.20. The highest BCUT2D eigenvalue weighted by Crippen LogP contribution is 1.98. The lowest BCUT2D eigenvalue weighted by Gasteiger charge is -2.17. The van der Waals surface area contributed by atoms with E-state index in [1.165, 1.54) is 14.0 Å². The Morgan fingerprint density at radius 2 is 1.67 bits per heavy atom. The van der Waals surface area contributed by atoms with Gasteiger partial charge in [0.1, 0.15) is 0 Å². The summed E-state index contributed by atoms with van der Waals surface area (Å²) in [5.74, 6) is -1.33. The maximum Gasteiger partial charge on any atom is 0.263 e. The third kappa shape index (κ3) is 3.89. The zero-order valence-electron chi connectivity index (χ0n) is 10.2. The maximum absolute atomic E-state index is 11.8. The van der Waals surface area contributed by atoms with E-state index >= 15 is 0 Å². The van der Waals surface area contributed by atoms with Crippen molar-refractivity contribution in [1.29, 1.82) is 0 Å². The van der Waals surface area contributed by atoms with E-state index in [0.717, 1.165) is 0 Å². The molecule has 3 N–H and O–H groups in total. The van der Waals surface area contributed by atoms with Gasteiger partial charge in [-0.3, -0.25) is 14.4 Å². The fourth-order valence-electron chi connectivity index (χ4n) is 1.32. The Labute approximate surface area is 105 Å². The summed E-state index contributed by atoms with van der Waals surface area (Å²) in [6, 6.07) is 8.43. The first-order valence-corrected chi connectivity index (χ1v) is 5.39. The Morgan fingerprint density at radius 1 is 1.06 bits per heavy atom. The van der Waals surface area contributed by atoms with Crippen LogP contribution in [0.4, 0.5) is 0 Å². The minimum Gasteiger partial charge on any atom is -0.356 e. The summed E-state index contributed by atoms with van der Waals surface area (Å²) in [5, 5.41) is 7.14. The second-order valence-corrected chi connectivity index (χ2v) is 3.59. The molecular formula is C12H15N3O3. The first-order chi connectivity index (χ1) is 8.54. The van der Waals surface area contributed by atoms with E-state index < -0.39 is 23.9 Å². The number of hydrogen-bond acceptors (Lipinski definition) is 3. The molecule has 0 spiro atoms. The van der Waals surface area contributed by atoms with Crippen molar-refractivity contribution in [2.45, 2.75) is 13.1 Å². The fourth-order valence-corrected chi connectivity index (χ4v) is 1.32. The summed E-state index contributed by atoms with van der Waals surface area (Å²) in [6.45, 7) is 1.27. The number of nitrogens with one attached hydrogen (secondary N) is 3. The van der Waals surface area contributed by atoms with Crippen LogP contribution in [0, 0.1) is 0 Å². The number of benzene rings is 1. The molecule has 1 aromatic rings. The van der Waals surface area contributed by atoms with Gasteiger partial charge in [-0.05, 0) is 12.1 Å². The number of hydrogen-bond donors (Lipinski definition) is 3. The van der Waals surface area contributed by atoms with Crippen molar-refractivity contribution in [2.24, 2.45) is 0 Å². The largest absolute Gasteiger partial charge is 0.356 e. The van der Waals surface area contributed by atoms with Gasteiger partial charge in [-0.15, -0.1) is 0 Å². The van der Waals surface area contributed by atoms with Crippen LogP contribution in [0.25, 0.3) is 0 Å². The van der Waals surface area contributed by atoms with E-state index in [9.17, 15) is 14.4 Å². The number of rotatable bonds is 4. The third-order valence-corrected chi connectivity index (χ3v) is 2.17. The van der Waals surface area contributed by atoms with Gasteiger partial charge >= 0.3 is 0 Å². The van der Waals surface area contributed by atoms with Crippen molar-refractivity contribution >= 4 is 17.7 Å². The first-order valence-electron chi connectivity index (χ1n) is 5.39. The van der Waals surface area contributed by atoms with Crippen molar-refractivity contribution in [3.05, 3.63) is 35.9 Å². The Kier molecular flexibility index (Phi) is 4.86. The second kappa shape index (κ2) is 6.39. The topological polar surface area (TPSA) is 87.3 Å². The summed E-state index contributed by atoms with van der Waals surface area (Å²) in [6.07, 6.45) is -1.08. The molecule has 6 heteroatoms. The van der Waals surface area contributed by atoms with Crippen LogP contribution in [-0.2, 0) is 9.59 Å². The zero-order chi connectivity index (χ0) is 13.5. The molecule has 0 radical (unpaired) electrons. The molecule has 6 nitrogen and oxygen atoms in total. The van der Waals surface area contributed by atoms with Gasteiger partial charge in [0.2, 0.25) is 5.91 Å². The van der Waals surface area contributed by atoms with Crippen LogP contribution in [0.1, 0.15) is 17.3 Å². The molecule has 0 saturated heterocycles. The molecule has 0 aliphatic carbocycles. The number of carbonyl (C=O) groups excluding carboxylic acids is 3. The van der Waals surface area contributed by atoms with Crippen molar-refractivity contribution in [1.82, 2.24) is 16.0 Å². The quantitative estimate of drug-likeness (QED) is 0.636. The van der Waals surface area contributed by atoms with Gasteiger partial charge in [-0.2, -0.15) is 0 Å². The summed E-state index contributed by atoms with van der Waals surface area (Å²) in [4.78, 5) is 34.2. The second-order valence-electron chi connectivity index (χ2n) is 3.59. The van der Waals surface area contributed by atoms with Gasteiger partial charge in [0.15, 0.2) is 6.17 Å². The van der Waals surface area contributed by atoms with Crippen molar-refractivity contribution in [2.75, 3.05) is 7.05 Å². The SMILES string of the molecule is CNC(=O)C(NC(C)=O)NC(=O)c1ccccc1. The van der Waals surface area contributed by atoms with Gasteiger partial charge < -0.3 is 16.0 Å². The lowest BCUT2D eigenvalue weighted by molar-refractivity contribution is -0.128. The van der Waals surface area contributed by atoms with Crippen LogP contribution in [0.2, 0.25) is 0 Å². The van der Waals surface area contributed by atoms with Crippen molar-refractivity contribution < 1.29 is 14.4 Å². The molecule has 1 aromatic carbocycles. The molecule has 1 unspecified atom stereocenters. The van der Waals surface area contributed by atoms with Crippen LogP contribution in [0.3, 0.4) is 0 Å². The molecule has 1 atom stereocenters. The summed E-state index contributed by atoms with van der Waals surface area (Å²) >= 11 is 0. The monoisotopic (exact) mass is 249 g/mol. The maximum atomic E-state index is 11.8. The Hall–Kier alpha value is -2.37. The number of likely N-dealkylation sites (N-methyl/N-ethyl adjacent to an activating group) is 1. The standard InChI is InChI=1S/C12H15N3O3/c1-8(16)14-10(12(18)13-2)15-11(17)9-6-4-3-5-7-9/h3-7,10H,1-2H3,(H,13,18)(H,14,16)(H,15,17). The molecule has 0 bridgehead atoms. The molecule has 18 heavy (non-hydrogen) atoms. The van der Waals surface area contributed by atoms with E-state index in [1.54, 1.807) is 30.3 Å². The molecule has 0 aromatic heterocycles. The van der Waals surface area contributed by atoms with Crippen molar-refractivity contribution in [3.63, 3.8) is 0 Å². The van der Waals surface area contributed by atoms with Gasteiger partial charge in [0, 0.05) is 19.5 Å². The predicted molar refractivity (Wildman–Crippen MR) is 65.6 cm³/mol. The molecule has 0 fully saturated rings. The molecular weight excluding hydrogens is 234 g/mol. The molecule has 3 amide bonds. The van der Waals surface area contributed by atoms with Crippen molar-refractivity contribution in [3.8, 4) is 0 Å². The number of carbonyl (C=O) groups is 3. The molecule has 0 saturated carbocycles. The smallest absolute Gasteiger partial charge is 0.263 e. The minimum atomic E-state index is -1.08. The van der Waals surface area contributed by atoms with E-state index in [2.05, 4.69) is 16.0 Å². The minimum absolute atomic E-state index is 0.406. The normalized spacial score (nSPS) is 11.2. The molecule has 1 rings (SSSR count). The average molecular weight is 249 g/mol. The van der Waals surface area contributed by atoms with E-state index in [4.69, 9.17) is 0 Å². The lowest BCUT2D eigenvalue weighted by atomic mass is 10.2. The van der Waals surface area contributed by atoms with Crippen LogP contribution in [0.5, 0.6) is 0 Å². The van der Waals surface area contributed by atoms with Gasteiger partial charge in [0.05, 0.1) is 0 Å². The summed E-state index contributed by atoms with van der Waals surface area (Å²) < 4.78 is 0. The predicted octanol–water partition coefficient (Wildman–Crippen LogP) is -0.375. The van der Waals surface area contributed by atoms with Crippen LogP contribution < -0.4 is 16.0 Å². The molecule has 0 heterocycles. The molecule has 96 valence electrons. The van der Waals surface area contributed by atoms with Gasteiger partial charge in [-0.1, -0.05) is 18.2 Å². The lowest BCUT2D eigenvalue weighted by Crippen LogP contribution is -2.55. The first kappa shape index (κ1) is 13.7. The van der Waals surface area contributed by atoms with Gasteiger partial charge in [-0.25, -0.2) is 0 Å². The highest BCUT2D eigenvalue weighted by molar-refractivity contribution is 5.98. The Morgan fingerprint density at radius 3 is 2.17 bits per heavy atom. The molecule has 0 aliphatic heterocycles. The third-order valence-electron chi connectivity index (χ3n) is 2.17. The average Bonchev–Trinajstić information content (AvgIpc) is 2.37. The van der Waals surface area contributed by atoms with Crippen LogP contribution >= 0.6 is 0 Å². The van der Waals surface area contributed by atoms with E-state index in [1.807, 2.05) is 0 Å². The Balaban J connectivity index is 2.74.